The van der Waals surface area contributed by atoms with E-state index in [0.717, 1.165) is 19.0 Å². The molecule has 120 valence electrons. The fourth-order valence-corrected chi connectivity index (χ4v) is 3.94. The summed E-state index contributed by atoms with van der Waals surface area (Å²) in [6.07, 6.45) is 5.66. The standard InChI is InChI=1S/C16H23BrN2.2ClH/c17-15-7-5-14(6-8-15)16(13-3-1-2-4-13)19-11-9-18-10-12-19;;/h5-8,13,16,18H,1-4,9-12H2;2*1H/t16-;;/m0../s1. The maximum atomic E-state index is 3.55. The number of nitrogens with zero attached hydrogens (tertiary/aromatic N) is 1. The molecule has 2 nitrogen and oxygen atoms in total. The molecule has 0 bridgehead atoms. The van der Waals surface area contributed by atoms with Crippen molar-refractivity contribution in [2.75, 3.05) is 26.2 Å². The minimum absolute atomic E-state index is 0. The average Bonchev–Trinajstić information content (AvgIpc) is 2.96. The number of nitrogens with one attached hydrogen (secondary N) is 1. The number of halogens is 3. The molecule has 0 spiro atoms. The van der Waals surface area contributed by atoms with Crippen LogP contribution in [-0.4, -0.2) is 31.1 Å². The molecule has 1 saturated carbocycles. The molecule has 1 aliphatic carbocycles. The van der Waals surface area contributed by atoms with Crippen molar-refractivity contribution >= 4 is 40.7 Å². The van der Waals surface area contributed by atoms with Crippen LogP contribution in [0.25, 0.3) is 0 Å². The van der Waals surface area contributed by atoms with Crippen LogP contribution in [-0.2, 0) is 0 Å². The Morgan fingerprint density at radius 1 is 1.00 bits per heavy atom. The van der Waals surface area contributed by atoms with Gasteiger partial charge in [0.25, 0.3) is 0 Å². The summed E-state index contributed by atoms with van der Waals surface area (Å²) >= 11 is 3.55. The first-order chi connectivity index (χ1) is 9.34. The van der Waals surface area contributed by atoms with E-state index >= 15 is 0 Å². The zero-order valence-electron chi connectivity index (χ0n) is 12.3. The highest BCUT2D eigenvalue weighted by atomic mass is 79.9. The van der Waals surface area contributed by atoms with E-state index in [1.165, 1.54) is 48.8 Å². The summed E-state index contributed by atoms with van der Waals surface area (Å²) in [6.45, 7) is 4.66. The van der Waals surface area contributed by atoms with E-state index in [4.69, 9.17) is 0 Å². The first kappa shape index (κ1) is 19.2. The summed E-state index contributed by atoms with van der Waals surface area (Å²) in [5, 5.41) is 3.47. The van der Waals surface area contributed by atoms with E-state index in [-0.39, 0.29) is 24.8 Å². The third kappa shape index (κ3) is 4.84. The number of hydrogen-bond acceptors (Lipinski definition) is 2. The summed E-state index contributed by atoms with van der Waals surface area (Å²) in [7, 11) is 0. The molecular formula is C16H25BrCl2N2. The van der Waals surface area contributed by atoms with E-state index in [9.17, 15) is 0 Å². The largest absolute Gasteiger partial charge is 0.314 e. The van der Waals surface area contributed by atoms with Crippen LogP contribution in [0.4, 0.5) is 0 Å². The van der Waals surface area contributed by atoms with Gasteiger partial charge in [-0.05, 0) is 36.5 Å². The molecule has 1 heterocycles. The lowest BCUT2D eigenvalue weighted by molar-refractivity contribution is 0.125. The van der Waals surface area contributed by atoms with Crippen LogP contribution in [0.3, 0.4) is 0 Å². The first-order valence-electron chi connectivity index (χ1n) is 7.55. The summed E-state index contributed by atoms with van der Waals surface area (Å²) in [5.74, 6) is 0.860. The van der Waals surface area contributed by atoms with Crippen LogP contribution in [0.15, 0.2) is 28.7 Å². The highest BCUT2D eigenvalue weighted by molar-refractivity contribution is 9.10. The second-order valence-electron chi connectivity index (χ2n) is 5.83. The van der Waals surface area contributed by atoms with Crippen molar-refractivity contribution in [2.24, 2.45) is 5.92 Å². The van der Waals surface area contributed by atoms with E-state index < -0.39 is 0 Å². The maximum Gasteiger partial charge on any atom is 0.0377 e. The highest BCUT2D eigenvalue weighted by Gasteiger charge is 2.31. The third-order valence-corrected chi connectivity index (χ3v) is 5.13. The monoisotopic (exact) mass is 394 g/mol. The van der Waals surface area contributed by atoms with Gasteiger partial charge in [-0.25, -0.2) is 0 Å². The van der Waals surface area contributed by atoms with Crippen LogP contribution in [0, 0.1) is 5.92 Å². The van der Waals surface area contributed by atoms with E-state index in [1.54, 1.807) is 0 Å². The Kier molecular flexibility index (Phi) is 8.58. The Morgan fingerprint density at radius 2 is 1.57 bits per heavy atom. The Bertz CT molecular complexity index is 401. The van der Waals surface area contributed by atoms with Gasteiger partial charge in [0, 0.05) is 36.7 Å². The van der Waals surface area contributed by atoms with Crippen LogP contribution >= 0.6 is 40.7 Å². The minimum Gasteiger partial charge on any atom is -0.314 e. The molecule has 2 aliphatic rings. The molecule has 21 heavy (non-hydrogen) atoms. The molecule has 0 radical (unpaired) electrons. The summed E-state index contributed by atoms with van der Waals surface area (Å²) in [5.41, 5.74) is 1.51. The predicted octanol–water partition coefficient (Wildman–Crippen LogP) is 4.43. The molecule has 1 aromatic rings. The number of rotatable bonds is 3. The lowest BCUT2D eigenvalue weighted by Crippen LogP contribution is -2.46. The van der Waals surface area contributed by atoms with Crippen molar-refractivity contribution < 1.29 is 0 Å². The van der Waals surface area contributed by atoms with Gasteiger partial charge in [-0.3, -0.25) is 4.90 Å². The predicted molar refractivity (Wildman–Crippen MR) is 97.8 cm³/mol. The quantitative estimate of drug-likeness (QED) is 0.814. The number of benzene rings is 1. The Morgan fingerprint density at radius 3 is 2.14 bits per heavy atom. The van der Waals surface area contributed by atoms with Crippen LogP contribution < -0.4 is 5.32 Å². The number of piperazine rings is 1. The molecule has 0 amide bonds. The smallest absolute Gasteiger partial charge is 0.0377 e. The van der Waals surface area contributed by atoms with Gasteiger partial charge >= 0.3 is 0 Å². The van der Waals surface area contributed by atoms with Gasteiger partial charge in [-0.1, -0.05) is 40.9 Å². The maximum absolute atomic E-state index is 3.55. The molecule has 0 aromatic heterocycles. The van der Waals surface area contributed by atoms with Crippen molar-refractivity contribution in [3.63, 3.8) is 0 Å². The lowest BCUT2D eigenvalue weighted by atomic mass is 9.90. The van der Waals surface area contributed by atoms with E-state index in [0.29, 0.717) is 6.04 Å². The van der Waals surface area contributed by atoms with Crippen molar-refractivity contribution in [3.05, 3.63) is 34.3 Å². The highest BCUT2D eigenvalue weighted by Crippen LogP contribution is 2.39. The fraction of sp³-hybridized carbons (Fsp3) is 0.625. The number of hydrogen-bond donors (Lipinski definition) is 1. The van der Waals surface area contributed by atoms with Crippen LogP contribution in [0.2, 0.25) is 0 Å². The van der Waals surface area contributed by atoms with E-state index in [2.05, 4.69) is 50.4 Å². The van der Waals surface area contributed by atoms with E-state index in [1.807, 2.05) is 0 Å². The summed E-state index contributed by atoms with van der Waals surface area (Å²) in [6, 6.07) is 9.65. The summed E-state index contributed by atoms with van der Waals surface area (Å²) < 4.78 is 1.18. The zero-order valence-corrected chi connectivity index (χ0v) is 15.5. The Labute approximate surface area is 149 Å². The van der Waals surface area contributed by atoms with Crippen LogP contribution in [0.1, 0.15) is 37.3 Å². The van der Waals surface area contributed by atoms with Gasteiger partial charge in [0.15, 0.2) is 0 Å². The third-order valence-electron chi connectivity index (χ3n) is 4.60. The normalized spacial score (nSPS) is 21.4. The molecule has 1 aromatic carbocycles. The molecule has 2 fully saturated rings. The topological polar surface area (TPSA) is 15.3 Å². The molecular weight excluding hydrogens is 371 g/mol. The van der Waals surface area contributed by atoms with Crippen molar-refractivity contribution in [1.82, 2.24) is 10.2 Å². The van der Waals surface area contributed by atoms with Gasteiger partial charge in [0.2, 0.25) is 0 Å². The molecule has 5 heteroatoms. The molecule has 3 rings (SSSR count). The van der Waals surface area contributed by atoms with Gasteiger partial charge in [-0.15, -0.1) is 24.8 Å². The van der Waals surface area contributed by atoms with Gasteiger partial charge < -0.3 is 5.32 Å². The SMILES string of the molecule is Brc1ccc([C@H](C2CCCC2)N2CCNCC2)cc1.Cl.Cl. The molecule has 1 saturated heterocycles. The minimum atomic E-state index is 0. The molecule has 1 N–H and O–H groups in total. The Balaban J connectivity index is 0.00000110. The second-order valence-corrected chi connectivity index (χ2v) is 6.74. The lowest BCUT2D eigenvalue weighted by Gasteiger charge is -2.38. The summed E-state index contributed by atoms with van der Waals surface area (Å²) in [4.78, 5) is 2.70. The molecule has 1 aliphatic heterocycles. The average molecular weight is 396 g/mol. The van der Waals surface area contributed by atoms with Crippen LogP contribution in [0.5, 0.6) is 0 Å². The molecule has 0 unspecified atom stereocenters. The van der Waals surface area contributed by atoms with Gasteiger partial charge in [-0.2, -0.15) is 0 Å². The fourth-order valence-electron chi connectivity index (χ4n) is 3.67. The van der Waals surface area contributed by atoms with Crippen molar-refractivity contribution in [2.45, 2.75) is 31.7 Å². The molecule has 1 atom stereocenters. The van der Waals surface area contributed by atoms with Gasteiger partial charge in [0.1, 0.15) is 0 Å². The first-order valence-corrected chi connectivity index (χ1v) is 8.34. The second kappa shape index (κ2) is 9.36. The van der Waals surface area contributed by atoms with Gasteiger partial charge in [0.05, 0.1) is 0 Å². The Hall–Kier alpha value is 0.200. The zero-order chi connectivity index (χ0) is 13.1. The van der Waals surface area contributed by atoms with Crippen molar-refractivity contribution in [1.29, 1.82) is 0 Å². The van der Waals surface area contributed by atoms with Crippen molar-refractivity contribution in [3.8, 4) is 0 Å².